The Kier molecular flexibility index (Phi) is 5.49. The summed E-state index contributed by atoms with van der Waals surface area (Å²) >= 11 is 0. The zero-order valence-electron chi connectivity index (χ0n) is 17.1. The van der Waals surface area contributed by atoms with Gasteiger partial charge in [0, 0.05) is 38.3 Å². The van der Waals surface area contributed by atoms with E-state index in [9.17, 15) is 9.59 Å². The lowest BCUT2D eigenvalue weighted by molar-refractivity contribution is -0.132. The number of aryl methyl sites for hydroxylation is 2. The molecule has 3 aromatic rings. The highest BCUT2D eigenvalue weighted by Gasteiger charge is 2.22. The van der Waals surface area contributed by atoms with Crippen LogP contribution in [-0.4, -0.2) is 46.9 Å². The van der Waals surface area contributed by atoms with Crippen LogP contribution in [0.4, 0.5) is 0 Å². The highest BCUT2D eigenvalue weighted by atomic mass is 16.2. The first-order chi connectivity index (χ1) is 14.0. The van der Waals surface area contributed by atoms with Gasteiger partial charge in [-0.3, -0.25) is 14.5 Å². The largest absolute Gasteiger partial charge is 0.340 e. The molecule has 4 rings (SSSR count). The maximum atomic E-state index is 12.6. The zero-order chi connectivity index (χ0) is 20.4. The Labute approximate surface area is 171 Å². The first kappa shape index (κ1) is 19.4. The highest BCUT2D eigenvalue weighted by molar-refractivity contribution is 5.83. The third-order valence-corrected chi connectivity index (χ3v) is 5.69. The number of amides is 1. The molecule has 5 nitrogen and oxygen atoms in total. The van der Waals surface area contributed by atoms with Crippen molar-refractivity contribution in [2.45, 2.75) is 26.8 Å². The molecule has 0 unspecified atom stereocenters. The summed E-state index contributed by atoms with van der Waals surface area (Å²) in [6.07, 6.45) is 0.448. The monoisotopic (exact) mass is 389 g/mol. The second-order valence-corrected chi connectivity index (χ2v) is 7.99. The molecule has 1 saturated heterocycles. The Morgan fingerprint density at radius 2 is 1.72 bits per heavy atom. The molecule has 0 bridgehead atoms. The second kappa shape index (κ2) is 8.21. The van der Waals surface area contributed by atoms with Gasteiger partial charge in [-0.25, -0.2) is 0 Å². The Bertz CT molecular complexity index is 1080. The molecule has 5 heteroatoms. The summed E-state index contributed by atoms with van der Waals surface area (Å²) in [6.45, 7) is 7.68. The Hall–Kier alpha value is -2.92. The number of carbonyl (C=O) groups is 1. The van der Waals surface area contributed by atoms with Gasteiger partial charge in [0.15, 0.2) is 0 Å². The first-order valence-electron chi connectivity index (χ1n) is 10.2. The standard InChI is InChI=1S/C24H27N3O2/c1-17-12-18(2)23-20(13-17)15-21(24(29)25-23)16-26-8-10-27(11-9-26)22(28)14-19-6-4-3-5-7-19/h3-7,12-13,15H,8-11,14,16H2,1-2H3,(H,25,29). The van der Waals surface area contributed by atoms with Crippen molar-refractivity contribution in [3.63, 3.8) is 0 Å². The number of carbonyl (C=O) groups excluding carboxylic acids is 1. The fourth-order valence-electron chi connectivity index (χ4n) is 4.13. The number of pyridine rings is 1. The normalized spacial score (nSPS) is 15.0. The summed E-state index contributed by atoms with van der Waals surface area (Å²) < 4.78 is 0. The molecule has 29 heavy (non-hydrogen) atoms. The maximum Gasteiger partial charge on any atom is 0.252 e. The molecule has 2 heterocycles. The summed E-state index contributed by atoms with van der Waals surface area (Å²) in [6, 6.07) is 16.1. The summed E-state index contributed by atoms with van der Waals surface area (Å²) in [7, 11) is 0. The molecule has 2 aromatic carbocycles. The molecule has 1 amide bonds. The lowest BCUT2D eigenvalue weighted by atomic mass is 10.0. The van der Waals surface area contributed by atoms with E-state index in [0.29, 0.717) is 26.1 Å². The van der Waals surface area contributed by atoms with Crippen LogP contribution in [0.3, 0.4) is 0 Å². The van der Waals surface area contributed by atoms with Crippen LogP contribution in [0.2, 0.25) is 0 Å². The van der Waals surface area contributed by atoms with Gasteiger partial charge in [0.05, 0.1) is 11.9 Å². The van der Waals surface area contributed by atoms with Gasteiger partial charge in [0.2, 0.25) is 5.91 Å². The van der Waals surface area contributed by atoms with E-state index in [1.807, 2.05) is 48.2 Å². The number of benzene rings is 2. The molecular weight excluding hydrogens is 362 g/mol. The number of aromatic amines is 1. The number of nitrogens with one attached hydrogen (secondary N) is 1. The molecule has 0 atom stereocenters. The summed E-state index contributed by atoms with van der Waals surface area (Å²) in [4.78, 5) is 32.4. The minimum atomic E-state index is -0.0213. The van der Waals surface area contributed by atoms with Crippen LogP contribution >= 0.6 is 0 Å². The zero-order valence-corrected chi connectivity index (χ0v) is 17.1. The van der Waals surface area contributed by atoms with Crippen LogP contribution < -0.4 is 5.56 Å². The van der Waals surface area contributed by atoms with Crippen molar-refractivity contribution >= 4 is 16.8 Å². The van der Waals surface area contributed by atoms with E-state index >= 15 is 0 Å². The lowest BCUT2D eigenvalue weighted by Gasteiger charge is -2.34. The van der Waals surface area contributed by atoms with Gasteiger partial charge >= 0.3 is 0 Å². The van der Waals surface area contributed by atoms with Crippen molar-refractivity contribution in [3.05, 3.63) is 81.1 Å². The predicted octanol–water partition coefficient (Wildman–Crippen LogP) is 3.03. The summed E-state index contributed by atoms with van der Waals surface area (Å²) in [5.41, 5.74) is 5.01. The highest BCUT2D eigenvalue weighted by Crippen LogP contribution is 2.19. The maximum absolute atomic E-state index is 12.6. The van der Waals surface area contributed by atoms with Crippen LogP contribution in [-0.2, 0) is 17.8 Å². The third kappa shape index (κ3) is 4.40. The molecule has 0 aliphatic carbocycles. The smallest absolute Gasteiger partial charge is 0.252 e. The predicted molar refractivity (Wildman–Crippen MR) is 116 cm³/mol. The van der Waals surface area contributed by atoms with Crippen LogP contribution in [0.25, 0.3) is 10.9 Å². The minimum absolute atomic E-state index is 0.0213. The van der Waals surface area contributed by atoms with Crippen molar-refractivity contribution < 1.29 is 4.79 Å². The quantitative estimate of drug-likeness (QED) is 0.746. The van der Waals surface area contributed by atoms with Crippen molar-refractivity contribution in [2.24, 2.45) is 0 Å². The molecule has 1 aromatic heterocycles. The minimum Gasteiger partial charge on any atom is -0.340 e. The third-order valence-electron chi connectivity index (χ3n) is 5.69. The molecule has 1 aliphatic rings. The van der Waals surface area contributed by atoms with Gasteiger partial charge < -0.3 is 9.88 Å². The van der Waals surface area contributed by atoms with Gasteiger partial charge in [-0.1, -0.05) is 42.0 Å². The molecule has 0 radical (unpaired) electrons. The molecule has 1 fully saturated rings. The number of hydrogen-bond donors (Lipinski definition) is 1. The SMILES string of the molecule is Cc1cc(C)c2[nH]c(=O)c(CN3CCN(C(=O)Cc4ccccc4)CC3)cc2c1. The van der Waals surface area contributed by atoms with Crippen molar-refractivity contribution in [1.29, 1.82) is 0 Å². The molecule has 150 valence electrons. The van der Waals surface area contributed by atoms with Crippen molar-refractivity contribution in [2.75, 3.05) is 26.2 Å². The van der Waals surface area contributed by atoms with Crippen LogP contribution in [0.15, 0.2) is 53.3 Å². The summed E-state index contributed by atoms with van der Waals surface area (Å²) in [5, 5.41) is 1.08. The van der Waals surface area contributed by atoms with Crippen molar-refractivity contribution in [3.8, 4) is 0 Å². The molecule has 1 aliphatic heterocycles. The van der Waals surface area contributed by atoms with Crippen LogP contribution in [0.1, 0.15) is 22.3 Å². The second-order valence-electron chi connectivity index (χ2n) is 7.99. The fraction of sp³-hybridized carbons (Fsp3) is 0.333. The lowest BCUT2D eigenvalue weighted by Crippen LogP contribution is -2.49. The number of nitrogens with zero attached hydrogens (tertiary/aromatic N) is 2. The molecular formula is C24H27N3O2. The number of fused-ring (bicyclic) bond motifs is 1. The number of hydrogen-bond acceptors (Lipinski definition) is 3. The molecule has 0 saturated carbocycles. The number of aromatic nitrogens is 1. The van der Waals surface area contributed by atoms with E-state index in [1.165, 1.54) is 5.56 Å². The van der Waals surface area contributed by atoms with E-state index in [4.69, 9.17) is 0 Å². The summed E-state index contributed by atoms with van der Waals surface area (Å²) in [5.74, 6) is 0.172. The number of rotatable bonds is 4. The topological polar surface area (TPSA) is 56.4 Å². The van der Waals surface area contributed by atoms with Gasteiger partial charge in [-0.2, -0.15) is 0 Å². The van der Waals surface area contributed by atoms with Gasteiger partial charge in [0.25, 0.3) is 5.56 Å². The van der Waals surface area contributed by atoms with E-state index < -0.39 is 0 Å². The number of H-pyrrole nitrogens is 1. The Morgan fingerprint density at radius 1 is 1.00 bits per heavy atom. The van der Waals surface area contributed by atoms with E-state index in [-0.39, 0.29) is 11.5 Å². The average Bonchev–Trinajstić information content (AvgIpc) is 2.70. The average molecular weight is 389 g/mol. The van der Waals surface area contributed by atoms with Crippen LogP contribution in [0, 0.1) is 13.8 Å². The van der Waals surface area contributed by atoms with E-state index in [1.54, 1.807) is 0 Å². The van der Waals surface area contributed by atoms with Gasteiger partial charge in [-0.15, -0.1) is 0 Å². The first-order valence-corrected chi connectivity index (χ1v) is 10.2. The number of piperazine rings is 1. The van der Waals surface area contributed by atoms with Gasteiger partial charge in [0.1, 0.15) is 0 Å². The van der Waals surface area contributed by atoms with E-state index in [0.717, 1.165) is 40.7 Å². The molecule has 1 N–H and O–H groups in total. The Balaban J connectivity index is 1.40. The molecule has 0 spiro atoms. The Morgan fingerprint density at radius 3 is 2.45 bits per heavy atom. The van der Waals surface area contributed by atoms with Gasteiger partial charge in [-0.05, 0) is 42.5 Å². The fourth-order valence-corrected chi connectivity index (χ4v) is 4.13. The van der Waals surface area contributed by atoms with Crippen LogP contribution in [0.5, 0.6) is 0 Å². The van der Waals surface area contributed by atoms with Crippen molar-refractivity contribution in [1.82, 2.24) is 14.8 Å². The van der Waals surface area contributed by atoms with E-state index in [2.05, 4.69) is 28.9 Å².